The van der Waals surface area contributed by atoms with Crippen LogP contribution in [0.15, 0.2) is 5.10 Å². The SMILES string of the molecule is O=C1CC(CC2CCCCN2)=NN1. The molecule has 2 rings (SSSR count). The lowest BCUT2D eigenvalue weighted by Crippen LogP contribution is -2.35. The second kappa shape index (κ2) is 3.87. The van der Waals surface area contributed by atoms with E-state index >= 15 is 0 Å². The maximum atomic E-state index is 10.8. The molecule has 0 spiro atoms. The molecule has 2 N–H and O–H groups in total. The van der Waals surface area contributed by atoms with Gasteiger partial charge in [0.25, 0.3) is 0 Å². The molecule has 0 bridgehead atoms. The Hall–Kier alpha value is -0.900. The van der Waals surface area contributed by atoms with Gasteiger partial charge in [-0.25, -0.2) is 5.43 Å². The molecule has 2 aliphatic rings. The van der Waals surface area contributed by atoms with Crippen LogP contribution < -0.4 is 10.7 Å². The van der Waals surface area contributed by atoms with E-state index in [0.717, 1.165) is 18.7 Å². The monoisotopic (exact) mass is 181 g/mol. The fraction of sp³-hybridized carbons (Fsp3) is 0.778. The first-order chi connectivity index (χ1) is 6.34. The van der Waals surface area contributed by atoms with Gasteiger partial charge < -0.3 is 5.32 Å². The van der Waals surface area contributed by atoms with Crippen molar-refractivity contribution in [1.82, 2.24) is 10.7 Å². The minimum absolute atomic E-state index is 0.0332. The standard InChI is InChI=1S/C9H15N3O/c13-9-6-8(11-12-9)5-7-3-1-2-4-10-7/h7,10H,1-6H2,(H,12,13). The molecular formula is C9H15N3O. The third kappa shape index (κ3) is 2.28. The lowest BCUT2D eigenvalue weighted by Gasteiger charge is -2.22. The summed E-state index contributed by atoms with van der Waals surface area (Å²) in [6, 6.07) is 0.542. The number of hydrogen-bond donors (Lipinski definition) is 2. The molecule has 1 saturated heterocycles. The fourth-order valence-corrected chi connectivity index (χ4v) is 1.91. The second-order valence-corrected chi connectivity index (χ2v) is 3.74. The molecular weight excluding hydrogens is 166 g/mol. The van der Waals surface area contributed by atoms with Gasteiger partial charge in [0.05, 0.1) is 6.42 Å². The highest BCUT2D eigenvalue weighted by atomic mass is 16.2. The second-order valence-electron chi connectivity index (χ2n) is 3.74. The summed E-state index contributed by atoms with van der Waals surface area (Å²) in [5.74, 6) is 0.0332. The summed E-state index contributed by atoms with van der Waals surface area (Å²) in [6.45, 7) is 1.11. The fourth-order valence-electron chi connectivity index (χ4n) is 1.91. The predicted molar refractivity (Wildman–Crippen MR) is 50.5 cm³/mol. The minimum atomic E-state index is 0.0332. The number of rotatable bonds is 2. The van der Waals surface area contributed by atoms with Crippen LogP contribution in [-0.4, -0.2) is 24.2 Å². The van der Waals surface area contributed by atoms with Crippen LogP contribution in [0.25, 0.3) is 0 Å². The summed E-state index contributed by atoms with van der Waals surface area (Å²) in [6.07, 6.45) is 5.22. The van der Waals surface area contributed by atoms with E-state index in [0.29, 0.717) is 12.5 Å². The molecule has 1 atom stereocenters. The Labute approximate surface area is 77.8 Å². The first-order valence-electron chi connectivity index (χ1n) is 4.92. The smallest absolute Gasteiger partial charge is 0.245 e. The molecule has 0 saturated carbocycles. The summed E-state index contributed by atoms with van der Waals surface area (Å²) in [5.41, 5.74) is 3.48. The molecule has 0 aromatic heterocycles. The van der Waals surface area contributed by atoms with E-state index in [-0.39, 0.29) is 5.91 Å². The van der Waals surface area contributed by atoms with Crippen molar-refractivity contribution in [1.29, 1.82) is 0 Å². The summed E-state index contributed by atoms with van der Waals surface area (Å²) >= 11 is 0. The number of piperidine rings is 1. The molecule has 2 heterocycles. The predicted octanol–water partition coefficient (Wildman–Crippen LogP) is 0.394. The van der Waals surface area contributed by atoms with Gasteiger partial charge in [0, 0.05) is 18.2 Å². The normalized spacial score (nSPS) is 28.5. The number of hydrazone groups is 1. The number of hydrogen-bond acceptors (Lipinski definition) is 3. The van der Waals surface area contributed by atoms with E-state index in [2.05, 4.69) is 15.8 Å². The summed E-state index contributed by atoms with van der Waals surface area (Å²) in [5, 5.41) is 7.43. The highest BCUT2D eigenvalue weighted by Crippen LogP contribution is 2.13. The van der Waals surface area contributed by atoms with Crippen LogP contribution in [0, 0.1) is 0 Å². The first-order valence-corrected chi connectivity index (χ1v) is 4.92. The zero-order valence-corrected chi connectivity index (χ0v) is 7.68. The maximum Gasteiger partial charge on any atom is 0.245 e. The van der Waals surface area contributed by atoms with Crippen molar-refractivity contribution in [3.05, 3.63) is 0 Å². The van der Waals surface area contributed by atoms with Gasteiger partial charge in [-0.15, -0.1) is 0 Å². The Morgan fingerprint density at radius 3 is 3.00 bits per heavy atom. The minimum Gasteiger partial charge on any atom is -0.314 e. The van der Waals surface area contributed by atoms with Crippen LogP contribution in [0.1, 0.15) is 32.1 Å². The molecule has 72 valence electrons. The van der Waals surface area contributed by atoms with Gasteiger partial charge in [0.15, 0.2) is 0 Å². The Kier molecular flexibility index (Phi) is 2.59. The maximum absolute atomic E-state index is 10.8. The van der Waals surface area contributed by atoms with Crippen LogP contribution in [0.3, 0.4) is 0 Å². The van der Waals surface area contributed by atoms with Gasteiger partial charge in [-0.2, -0.15) is 5.10 Å². The van der Waals surface area contributed by atoms with E-state index < -0.39 is 0 Å². The highest BCUT2D eigenvalue weighted by Gasteiger charge is 2.20. The third-order valence-corrected chi connectivity index (χ3v) is 2.60. The largest absolute Gasteiger partial charge is 0.314 e. The van der Waals surface area contributed by atoms with Gasteiger partial charge in [0.2, 0.25) is 5.91 Å². The molecule has 0 aliphatic carbocycles. The number of amides is 1. The average molecular weight is 181 g/mol. The van der Waals surface area contributed by atoms with Crippen LogP contribution in [0.4, 0.5) is 0 Å². The van der Waals surface area contributed by atoms with E-state index in [1.165, 1.54) is 19.3 Å². The van der Waals surface area contributed by atoms with E-state index in [1.54, 1.807) is 0 Å². The molecule has 0 aromatic rings. The lowest BCUT2D eigenvalue weighted by atomic mass is 9.99. The first kappa shape index (κ1) is 8.69. The summed E-state index contributed by atoms with van der Waals surface area (Å²) < 4.78 is 0. The van der Waals surface area contributed by atoms with Crippen LogP contribution in [0.5, 0.6) is 0 Å². The van der Waals surface area contributed by atoms with Crippen molar-refractivity contribution in [3.8, 4) is 0 Å². The van der Waals surface area contributed by atoms with Crippen molar-refractivity contribution in [2.75, 3.05) is 6.54 Å². The van der Waals surface area contributed by atoms with Gasteiger partial charge in [-0.05, 0) is 19.4 Å². The Morgan fingerprint density at radius 1 is 1.46 bits per heavy atom. The highest BCUT2D eigenvalue weighted by molar-refractivity contribution is 6.05. The van der Waals surface area contributed by atoms with Crippen molar-refractivity contribution >= 4 is 11.6 Å². The van der Waals surface area contributed by atoms with Gasteiger partial charge >= 0.3 is 0 Å². The molecule has 4 nitrogen and oxygen atoms in total. The topological polar surface area (TPSA) is 53.5 Å². The van der Waals surface area contributed by atoms with E-state index in [4.69, 9.17) is 0 Å². The zero-order chi connectivity index (χ0) is 9.10. The van der Waals surface area contributed by atoms with Crippen LogP contribution in [0.2, 0.25) is 0 Å². The van der Waals surface area contributed by atoms with E-state index in [9.17, 15) is 4.79 Å². The van der Waals surface area contributed by atoms with Crippen molar-refractivity contribution in [3.63, 3.8) is 0 Å². The molecule has 4 heteroatoms. The van der Waals surface area contributed by atoms with Crippen molar-refractivity contribution < 1.29 is 4.79 Å². The van der Waals surface area contributed by atoms with Crippen LogP contribution >= 0.6 is 0 Å². The molecule has 1 unspecified atom stereocenters. The van der Waals surface area contributed by atoms with Crippen molar-refractivity contribution in [2.45, 2.75) is 38.1 Å². The molecule has 0 radical (unpaired) electrons. The van der Waals surface area contributed by atoms with Crippen LogP contribution in [-0.2, 0) is 4.79 Å². The zero-order valence-electron chi connectivity index (χ0n) is 7.68. The third-order valence-electron chi connectivity index (χ3n) is 2.60. The average Bonchev–Trinajstić information content (AvgIpc) is 2.53. The number of carbonyl (C=O) groups is 1. The number of nitrogens with one attached hydrogen (secondary N) is 2. The number of carbonyl (C=O) groups excluding carboxylic acids is 1. The Balaban J connectivity index is 1.80. The summed E-state index contributed by atoms with van der Waals surface area (Å²) in [7, 11) is 0. The molecule has 2 aliphatic heterocycles. The molecule has 13 heavy (non-hydrogen) atoms. The van der Waals surface area contributed by atoms with Gasteiger partial charge in [0.1, 0.15) is 0 Å². The van der Waals surface area contributed by atoms with Crippen molar-refractivity contribution in [2.24, 2.45) is 5.10 Å². The number of nitrogens with zero attached hydrogens (tertiary/aromatic N) is 1. The quantitative estimate of drug-likeness (QED) is 0.647. The summed E-state index contributed by atoms with van der Waals surface area (Å²) in [4.78, 5) is 10.8. The Bertz CT molecular complexity index is 231. The van der Waals surface area contributed by atoms with Gasteiger partial charge in [-0.3, -0.25) is 4.79 Å². The van der Waals surface area contributed by atoms with E-state index in [1.807, 2.05) is 0 Å². The van der Waals surface area contributed by atoms with Gasteiger partial charge in [-0.1, -0.05) is 6.42 Å². The molecule has 0 aromatic carbocycles. The lowest BCUT2D eigenvalue weighted by molar-refractivity contribution is -0.119. The molecule has 1 fully saturated rings. The molecule has 1 amide bonds. The Morgan fingerprint density at radius 2 is 2.38 bits per heavy atom.